The lowest BCUT2D eigenvalue weighted by atomic mass is 10.0. The van der Waals surface area contributed by atoms with Gasteiger partial charge in [0.1, 0.15) is 6.04 Å². The molecule has 0 radical (unpaired) electrons. The van der Waals surface area contributed by atoms with Gasteiger partial charge in [-0.2, -0.15) is 0 Å². The van der Waals surface area contributed by atoms with E-state index >= 15 is 0 Å². The number of thioether (sulfide) groups is 1. The van der Waals surface area contributed by atoms with Gasteiger partial charge in [0.2, 0.25) is 5.95 Å². The van der Waals surface area contributed by atoms with Gasteiger partial charge in [-0.25, -0.2) is 4.79 Å². The normalized spacial score (nSPS) is 12.4. The Balaban J connectivity index is 3.11. The molecule has 0 saturated heterocycles. The summed E-state index contributed by atoms with van der Waals surface area (Å²) in [5.74, 6) is -1.70. The molecule has 0 amide bonds. The highest BCUT2D eigenvalue weighted by Gasteiger charge is 2.30. The lowest BCUT2D eigenvalue weighted by molar-refractivity contribution is -0.146. The van der Waals surface area contributed by atoms with E-state index in [1.807, 2.05) is 13.8 Å². The van der Waals surface area contributed by atoms with Gasteiger partial charge < -0.3 is 15.6 Å². The topological polar surface area (TPSA) is 120 Å². The van der Waals surface area contributed by atoms with Crippen molar-refractivity contribution in [2.24, 2.45) is 5.92 Å². The molecule has 8 nitrogen and oxygen atoms in total. The summed E-state index contributed by atoms with van der Waals surface area (Å²) in [6.07, 6.45) is 0. The van der Waals surface area contributed by atoms with Crippen LogP contribution < -0.4 is 5.73 Å². The minimum atomic E-state index is -0.989. The minimum absolute atomic E-state index is 0.0528. The number of esters is 1. The summed E-state index contributed by atoms with van der Waals surface area (Å²) in [5, 5.41) is 16.4. The van der Waals surface area contributed by atoms with Crippen LogP contribution in [0.15, 0.2) is 5.16 Å². The molecule has 1 unspecified atom stereocenters. The predicted molar refractivity (Wildman–Crippen MR) is 68.7 cm³/mol. The minimum Gasteiger partial charge on any atom is -0.481 e. The van der Waals surface area contributed by atoms with Gasteiger partial charge in [-0.3, -0.25) is 9.36 Å². The number of hydrogen-bond acceptors (Lipinski definition) is 7. The van der Waals surface area contributed by atoms with Crippen molar-refractivity contribution in [3.8, 4) is 0 Å². The predicted octanol–water partition coefficient (Wildman–Crippen LogP) is 0.407. The van der Waals surface area contributed by atoms with Gasteiger partial charge in [-0.1, -0.05) is 25.6 Å². The van der Waals surface area contributed by atoms with Gasteiger partial charge >= 0.3 is 11.9 Å². The fourth-order valence-corrected chi connectivity index (χ4v) is 2.27. The van der Waals surface area contributed by atoms with Crippen LogP contribution in [0.5, 0.6) is 0 Å². The molecule has 1 rings (SSSR count). The summed E-state index contributed by atoms with van der Waals surface area (Å²) in [6.45, 7) is 3.65. The first kappa shape index (κ1) is 15.3. The van der Waals surface area contributed by atoms with Crippen molar-refractivity contribution in [1.82, 2.24) is 14.8 Å². The Morgan fingerprint density at radius 1 is 1.47 bits per heavy atom. The number of ether oxygens (including phenoxy) is 1. The van der Waals surface area contributed by atoms with E-state index in [4.69, 9.17) is 15.6 Å². The standard InChI is InChI=1S/C10H16N4O4S/c1-5(2)7(8(17)18-3)14-9(11)12-13-10(14)19-4-6(15)16/h5,7H,4H2,1-3H3,(H2,11,12)(H,15,16). The van der Waals surface area contributed by atoms with Gasteiger partial charge in [0.15, 0.2) is 5.16 Å². The van der Waals surface area contributed by atoms with Gasteiger partial charge in [0.05, 0.1) is 12.9 Å². The zero-order chi connectivity index (χ0) is 14.6. The molecular weight excluding hydrogens is 272 g/mol. The van der Waals surface area contributed by atoms with Crippen LogP contribution in [-0.2, 0) is 14.3 Å². The molecule has 0 spiro atoms. The molecule has 0 aliphatic heterocycles. The maximum atomic E-state index is 11.8. The van der Waals surface area contributed by atoms with Crippen LogP contribution in [0.4, 0.5) is 5.95 Å². The molecule has 9 heteroatoms. The molecule has 1 heterocycles. The highest BCUT2D eigenvalue weighted by molar-refractivity contribution is 7.99. The molecule has 0 aromatic carbocycles. The van der Waals surface area contributed by atoms with E-state index in [1.54, 1.807) is 0 Å². The highest BCUT2D eigenvalue weighted by atomic mass is 32.2. The fraction of sp³-hybridized carbons (Fsp3) is 0.600. The quantitative estimate of drug-likeness (QED) is 0.570. The van der Waals surface area contributed by atoms with E-state index in [1.165, 1.54) is 11.7 Å². The van der Waals surface area contributed by atoms with Crippen LogP contribution >= 0.6 is 11.8 Å². The number of nitrogens with zero attached hydrogens (tertiary/aromatic N) is 3. The average Bonchev–Trinajstić information content (AvgIpc) is 2.68. The van der Waals surface area contributed by atoms with Gasteiger partial charge in [0, 0.05) is 0 Å². The molecular formula is C10H16N4O4S. The third kappa shape index (κ3) is 3.60. The number of aliphatic carboxylic acids is 1. The lowest BCUT2D eigenvalue weighted by Gasteiger charge is -2.21. The molecule has 1 atom stereocenters. The number of hydrogen-bond donors (Lipinski definition) is 2. The number of carboxylic acids is 1. The van der Waals surface area contributed by atoms with Crippen molar-refractivity contribution in [2.75, 3.05) is 18.6 Å². The van der Waals surface area contributed by atoms with E-state index in [0.717, 1.165) is 11.8 Å². The monoisotopic (exact) mass is 288 g/mol. The third-order valence-corrected chi connectivity index (χ3v) is 3.30. The number of carbonyl (C=O) groups excluding carboxylic acids is 1. The molecule has 0 saturated carbocycles. The highest BCUT2D eigenvalue weighted by Crippen LogP contribution is 2.28. The number of nitrogens with two attached hydrogens (primary N) is 1. The fourth-order valence-electron chi connectivity index (χ4n) is 1.57. The van der Waals surface area contributed by atoms with E-state index < -0.39 is 18.0 Å². The summed E-state index contributed by atoms with van der Waals surface area (Å²) in [5.41, 5.74) is 5.70. The summed E-state index contributed by atoms with van der Waals surface area (Å²) in [6, 6.07) is -0.684. The largest absolute Gasteiger partial charge is 0.481 e. The molecule has 106 valence electrons. The zero-order valence-electron chi connectivity index (χ0n) is 10.9. The molecule has 0 aliphatic carbocycles. The van der Waals surface area contributed by atoms with Crippen LogP contribution in [0.25, 0.3) is 0 Å². The molecule has 1 aromatic heterocycles. The smallest absolute Gasteiger partial charge is 0.329 e. The first-order chi connectivity index (χ1) is 8.88. The molecule has 0 fully saturated rings. The van der Waals surface area contributed by atoms with E-state index in [0.29, 0.717) is 0 Å². The summed E-state index contributed by atoms with van der Waals surface area (Å²) >= 11 is 0.952. The van der Waals surface area contributed by atoms with Crippen LogP contribution in [0.2, 0.25) is 0 Å². The first-order valence-electron chi connectivity index (χ1n) is 5.51. The number of carbonyl (C=O) groups is 2. The number of nitrogen functional groups attached to an aromatic ring is 1. The van der Waals surface area contributed by atoms with Crippen LogP contribution in [0, 0.1) is 5.92 Å². The summed E-state index contributed by atoms with van der Waals surface area (Å²) in [7, 11) is 1.28. The second-order valence-corrected chi connectivity index (χ2v) is 5.05. The van der Waals surface area contributed by atoms with Crippen molar-refractivity contribution in [3.05, 3.63) is 0 Å². The van der Waals surface area contributed by atoms with Crippen molar-refractivity contribution in [1.29, 1.82) is 0 Å². The SMILES string of the molecule is COC(=O)C(C(C)C)n1c(N)nnc1SCC(=O)O. The molecule has 1 aromatic rings. The van der Waals surface area contributed by atoms with E-state index in [2.05, 4.69) is 10.2 Å². The number of aromatic nitrogens is 3. The molecule has 3 N–H and O–H groups in total. The van der Waals surface area contributed by atoms with Crippen molar-refractivity contribution < 1.29 is 19.4 Å². The number of anilines is 1. The summed E-state index contributed by atoms with van der Waals surface area (Å²) in [4.78, 5) is 22.4. The molecule has 19 heavy (non-hydrogen) atoms. The maximum absolute atomic E-state index is 11.8. The number of rotatable bonds is 6. The van der Waals surface area contributed by atoms with E-state index in [-0.39, 0.29) is 22.8 Å². The Labute approximate surface area is 114 Å². The maximum Gasteiger partial charge on any atom is 0.329 e. The van der Waals surface area contributed by atoms with Crippen LogP contribution in [0.1, 0.15) is 19.9 Å². The Bertz CT molecular complexity index is 474. The third-order valence-electron chi connectivity index (χ3n) is 2.37. The Hall–Kier alpha value is -1.77. The van der Waals surface area contributed by atoms with Crippen molar-refractivity contribution in [2.45, 2.75) is 25.0 Å². The Morgan fingerprint density at radius 3 is 2.58 bits per heavy atom. The molecule has 0 bridgehead atoms. The van der Waals surface area contributed by atoms with Crippen molar-refractivity contribution >= 4 is 29.6 Å². The van der Waals surface area contributed by atoms with E-state index in [9.17, 15) is 9.59 Å². The van der Waals surface area contributed by atoms with Gasteiger partial charge in [-0.15, -0.1) is 10.2 Å². The van der Waals surface area contributed by atoms with Crippen molar-refractivity contribution in [3.63, 3.8) is 0 Å². The Morgan fingerprint density at radius 2 is 2.11 bits per heavy atom. The number of carboxylic acid groups (broad SMARTS) is 1. The van der Waals surface area contributed by atoms with Gasteiger partial charge in [0.25, 0.3) is 0 Å². The van der Waals surface area contributed by atoms with Crippen LogP contribution in [0.3, 0.4) is 0 Å². The second kappa shape index (κ2) is 6.41. The molecule has 0 aliphatic rings. The second-order valence-electron chi connectivity index (χ2n) is 4.11. The first-order valence-corrected chi connectivity index (χ1v) is 6.49. The lowest BCUT2D eigenvalue weighted by Crippen LogP contribution is -2.27. The van der Waals surface area contributed by atoms with Gasteiger partial charge in [-0.05, 0) is 5.92 Å². The summed E-state index contributed by atoms with van der Waals surface area (Å²) < 4.78 is 6.14. The Kier molecular flexibility index (Phi) is 5.16. The zero-order valence-corrected chi connectivity index (χ0v) is 11.7. The number of methoxy groups -OCH3 is 1. The average molecular weight is 288 g/mol. The van der Waals surface area contributed by atoms with Crippen LogP contribution in [-0.4, -0.2) is 44.7 Å².